The fourth-order valence-electron chi connectivity index (χ4n) is 3.69. The third-order valence-corrected chi connectivity index (χ3v) is 5.53. The first kappa shape index (κ1) is 27.9. The summed E-state index contributed by atoms with van der Waals surface area (Å²) in [5.41, 5.74) is 0. The van der Waals surface area contributed by atoms with E-state index in [2.05, 4.69) is 20.8 Å². The summed E-state index contributed by atoms with van der Waals surface area (Å²) in [6.45, 7) is 9.07. The first-order valence-corrected chi connectivity index (χ1v) is 13.0. The Bertz CT molecular complexity index is 265. The summed E-state index contributed by atoms with van der Waals surface area (Å²) >= 11 is 0. The van der Waals surface area contributed by atoms with E-state index in [1.807, 2.05) is 0 Å². The van der Waals surface area contributed by atoms with Gasteiger partial charge in [-0.15, -0.1) is 0 Å². The van der Waals surface area contributed by atoms with Gasteiger partial charge in [-0.2, -0.15) is 0 Å². The lowest BCUT2D eigenvalue weighted by atomic mass is 10.0. The molecule has 0 aliphatic carbocycles. The summed E-state index contributed by atoms with van der Waals surface area (Å²) < 4.78 is 11.2. The van der Waals surface area contributed by atoms with E-state index in [0.717, 1.165) is 26.2 Å². The van der Waals surface area contributed by atoms with Crippen molar-refractivity contribution in [2.45, 2.75) is 149 Å². The molecule has 0 fully saturated rings. The average Bonchev–Trinajstić information content (AvgIpc) is 2.68. The van der Waals surface area contributed by atoms with Crippen molar-refractivity contribution in [1.29, 1.82) is 0 Å². The molecular formula is C26H54O2. The van der Waals surface area contributed by atoms with Gasteiger partial charge in [-0.25, -0.2) is 0 Å². The molecule has 0 unspecified atom stereocenters. The molecule has 0 bridgehead atoms. The normalized spacial score (nSPS) is 11.6. The Balaban J connectivity index is 2.98. The highest BCUT2D eigenvalue weighted by Gasteiger charge is 1.96. The van der Waals surface area contributed by atoms with Crippen LogP contribution in [0.1, 0.15) is 143 Å². The fraction of sp³-hybridized carbons (Fsp3) is 1.00. The second-order valence-electron chi connectivity index (χ2n) is 8.90. The lowest BCUT2D eigenvalue weighted by Gasteiger charge is -2.07. The zero-order valence-electron chi connectivity index (χ0n) is 20.0. The molecule has 0 aromatic rings. The quantitative estimate of drug-likeness (QED) is 0.151. The molecule has 0 saturated heterocycles. The summed E-state index contributed by atoms with van der Waals surface area (Å²) in [5, 5.41) is 0. The van der Waals surface area contributed by atoms with Crippen LogP contribution >= 0.6 is 0 Å². The average molecular weight is 399 g/mol. The number of hydrogen-bond donors (Lipinski definition) is 0. The Morgan fingerprint density at radius 3 is 1.18 bits per heavy atom. The largest absolute Gasteiger partial charge is 0.381 e. The van der Waals surface area contributed by atoms with Crippen molar-refractivity contribution in [3.63, 3.8) is 0 Å². The van der Waals surface area contributed by atoms with Crippen molar-refractivity contribution in [2.24, 2.45) is 0 Å². The van der Waals surface area contributed by atoms with Crippen LogP contribution in [0.25, 0.3) is 0 Å². The second-order valence-corrected chi connectivity index (χ2v) is 8.90. The molecule has 0 aromatic carbocycles. The predicted molar refractivity (Wildman–Crippen MR) is 125 cm³/mol. The van der Waals surface area contributed by atoms with E-state index < -0.39 is 0 Å². The smallest absolute Gasteiger partial charge is 0.0518 e. The number of unbranched alkanes of at least 4 members (excludes halogenated alkanes) is 17. The van der Waals surface area contributed by atoms with E-state index in [9.17, 15) is 0 Å². The maximum atomic E-state index is 5.66. The molecule has 28 heavy (non-hydrogen) atoms. The molecule has 0 radical (unpaired) electrons. The van der Waals surface area contributed by atoms with Crippen LogP contribution in [-0.4, -0.2) is 25.9 Å². The minimum atomic E-state index is 0.343. The van der Waals surface area contributed by atoms with Gasteiger partial charge in [-0.3, -0.25) is 0 Å². The molecule has 0 heterocycles. The Hall–Kier alpha value is -0.0800. The van der Waals surface area contributed by atoms with Crippen molar-refractivity contribution >= 4 is 0 Å². The van der Waals surface area contributed by atoms with Gasteiger partial charge in [0.2, 0.25) is 0 Å². The maximum Gasteiger partial charge on any atom is 0.0518 e. The van der Waals surface area contributed by atoms with Gasteiger partial charge in [0.25, 0.3) is 0 Å². The van der Waals surface area contributed by atoms with E-state index >= 15 is 0 Å². The highest BCUT2D eigenvalue weighted by atomic mass is 16.5. The maximum absolute atomic E-state index is 5.66. The Morgan fingerprint density at radius 1 is 0.429 bits per heavy atom. The molecule has 0 rings (SSSR count). The van der Waals surface area contributed by atoms with Gasteiger partial charge in [0.15, 0.2) is 0 Å². The molecule has 0 aliphatic rings. The zero-order chi connectivity index (χ0) is 20.5. The van der Waals surface area contributed by atoms with Crippen LogP contribution < -0.4 is 0 Å². The van der Waals surface area contributed by atoms with Gasteiger partial charge in [-0.1, -0.05) is 116 Å². The molecule has 0 saturated carbocycles. The molecule has 2 nitrogen and oxygen atoms in total. The van der Waals surface area contributed by atoms with Crippen LogP contribution in [-0.2, 0) is 9.47 Å². The topological polar surface area (TPSA) is 18.5 Å². The van der Waals surface area contributed by atoms with Crippen LogP contribution in [0.4, 0.5) is 0 Å². The Kier molecular flexibility index (Phi) is 24.9. The van der Waals surface area contributed by atoms with Crippen LogP contribution in [0.5, 0.6) is 0 Å². The van der Waals surface area contributed by atoms with Gasteiger partial charge in [0.1, 0.15) is 0 Å². The van der Waals surface area contributed by atoms with Crippen molar-refractivity contribution in [3.8, 4) is 0 Å². The van der Waals surface area contributed by atoms with Crippen LogP contribution in [0.3, 0.4) is 0 Å². The minimum Gasteiger partial charge on any atom is -0.381 e. The summed E-state index contributed by atoms with van der Waals surface area (Å²) in [6, 6.07) is 0. The number of hydrogen-bond acceptors (Lipinski definition) is 2. The first-order valence-electron chi connectivity index (χ1n) is 13.0. The molecule has 0 N–H and O–H groups in total. The van der Waals surface area contributed by atoms with Crippen molar-refractivity contribution in [2.75, 3.05) is 19.8 Å². The highest BCUT2D eigenvalue weighted by Crippen LogP contribution is 2.14. The summed E-state index contributed by atoms with van der Waals surface area (Å²) in [5.74, 6) is 0. The monoisotopic (exact) mass is 398 g/mol. The zero-order valence-corrected chi connectivity index (χ0v) is 20.0. The Morgan fingerprint density at radius 2 is 0.786 bits per heavy atom. The molecule has 0 aromatic heterocycles. The van der Waals surface area contributed by atoms with E-state index in [1.165, 1.54) is 116 Å². The Labute approximate surface area is 178 Å². The van der Waals surface area contributed by atoms with Gasteiger partial charge >= 0.3 is 0 Å². The summed E-state index contributed by atoms with van der Waals surface area (Å²) in [6.07, 6.45) is 27.1. The lowest BCUT2D eigenvalue weighted by molar-refractivity contribution is 0.0507. The van der Waals surface area contributed by atoms with Crippen LogP contribution in [0, 0.1) is 0 Å². The van der Waals surface area contributed by atoms with Crippen LogP contribution in [0.2, 0.25) is 0 Å². The number of rotatable bonds is 24. The summed E-state index contributed by atoms with van der Waals surface area (Å²) in [7, 11) is 0. The standard InChI is InChI=1S/C26H54O2/c1-4-5-6-7-8-9-10-11-12-13-14-15-16-17-18-19-20-21-23-27-24-22-25-28-26(2)3/h26H,4-25H2,1-3H3. The molecule has 0 aliphatic heterocycles. The van der Waals surface area contributed by atoms with E-state index in [1.54, 1.807) is 0 Å². The molecule has 170 valence electrons. The SMILES string of the molecule is CCCCCCCCCCCCCCCCCCCCOCCCOC(C)C. The van der Waals surface area contributed by atoms with Gasteiger partial charge in [-0.05, 0) is 26.7 Å². The van der Waals surface area contributed by atoms with E-state index in [4.69, 9.17) is 9.47 Å². The van der Waals surface area contributed by atoms with Crippen molar-refractivity contribution in [3.05, 3.63) is 0 Å². The third kappa shape index (κ3) is 25.9. The van der Waals surface area contributed by atoms with E-state index in [0.29, 0.717) is 6.10 Å². The predicted octanol–water partition coefficient (Wildman–Crippen LogP) is 8.86. The highest BCUT2D eigenvalue weighted by molar-refractivity contribution is 4.50. The molecular weight excluding hydrogens is 344 g/mol. The molecule has 2 heteroatoms. The number of ether oxygens (including phenoxy) is 2. The lowest BCUT2D eigenvalue weighted by Crippen LogP contribution is -2.07. The minimum absolute atomic E-state index is 0.343. The summed E-state index contributed by atoms with van der Waals surface area (Å²) in [4.78, 5) is 0. The van der Waals surface area contributed by atoms with Crippen molar-refractivity contribution < 1.29 is 9.47 Å². The third-order valence-electron chi connectivity index (χ3n) is 5.53. The molecule has 0 atom stereocenters. The van der Waals surface area contributed by atoms with Gasteiger partial charge < -0.3 is 9.47 Å². The van der Waals surface area contributed by atoms with Gasteiger partial charge in [0, 0.05) is 19.8 Å². The molecule has 0 amide bonds. The fourth-order valence-corrected chi connectivity index (χ4v) is 3.69. The second kappa shape index (κ2) is 25.0. The first-order chi connectivity index (χ1) is 13.8. The van der Waals surface area contributed by atoms with Gasteiger partial charge in [0.05, 0.1) is 6.10 Å². The molecule has 0 spiro atoms. The van der Waals surface area contributed by atoms with Crippen molar-refractivity contribution in [1.82, 2.24) is 0 Å². The van der Waals surface area contributed by atoms with Crippen LogP contribution in [0.15, 0.2) is 0 Å². The van der Waals surface area contributed by atoms with E-state index in [-0.39, 0.29) is 0 Å².